The fourth-order valence-electron chi connectivity index (χ4n) is 1.70. The molecule has 92 valence electrons. The van der Waals surface area contributed by atoms with Crippen LogP contribution in [0.1, 0.15) is 28.4 Å². The van der Waals surface area contributed by atoms with Crippen LogP contribution in [0.4, 0.5) is 0 Å². The molecule has 0 aliphatic heterocycles. The zero-order valence-corrected chi connectivity index (χ0v) is 9.65. The third-order valence-electron chi connectivity index (χ3n) is 2.67. The molecule has 18 heavy (non-hydrogen) atoms. The lowest BCUT2D eigenvalue weighted by molar-refractivity contribution is 0.0877. The fraction of sp³-hybridized carbons (Fsp3) is 0.143. The highest BCUT2D eigenvalue weighted by Crippen LogP contribution is 2.22. The van der Waals surface area contributed by atoms with Crippen molar-refractivity contribution in [3.63, 3.8) is 0 Å². The number of rotatable bonds is 4. The first-order valence-electron chi connectivity index (χ1n) is 5.57. The van der Waals surface area contributed by atoms with Gasteiger partial charge in [0, 0.05) is 18.8 Å². The molecule has 4 heteroatoms. The molecule has 2 rings (SSSR count). The van der Waals surface area contributed by atoms with Crippen LogP contribution in [0.15, 0.2) is 48.8 Å². The van der Waals surface area contributed by atoms with Gasteiger partial charge in [0.1, 0.15) is 5.75 Å². The van der Waals surface area contributed by atoms with Crippen molar-refractivity contribution >= 4 is 5.78 Å². The van der Waals surface area contributed by atoms with Crippen LogP contribution in [-0.2, 0) is 0 Å². The van der Waals surface area contributed by atoms with E-state index in [4.69, 9.17) is 0 Å². The number of phenols is 1. The average molecular weight is 243 g/mol. The number of benzene rings is 1. The monoisotopic (exact) mass is 243 g/mol. The van der Waals surface area contributed by atoms with E-state index in [9.17, 15) is 15.0 Å². The van der Waals surface area contributed by atoms with Crippen molar-refractivity contribution < 1.29 is 15.0 Å². The number of phenolic OH excluding ortho intramolecular Hbond substituents is 1. The SMILES string of the molecule is O=C(C[C@@H](O)c1ccncc1)c1ccccc1O. The Hall–Kier alpha value is -2.20. The minimum Gasteiger partial charge on any atom is -0.507 e. The average Bonchev–Trinajstić information content (AvgIpc) is 2.40. The molecule has 0 aliphatic carbocycles. The smallest absolute Gasteiger partial charge is 0.169 e. The molecular formula is C14H13NO3. The van der Waals surface area contributed by atoms with Crippen molar-refractivity contribution in [2.45, 2.75) is 12.5 Å². The second kappa shape index (κ2) is 5.42. The molecule has 0 fully saturated rings. The lowest BCUT2D eigenvalue weighted by Gasteiger charge is -2.10. The van der Waals surface area contributed by atoms with E-state index >= 15 is 0 Å². The van der Waals surface area contributed by atoms with Crippen molar-refractivity contribution in [1.29, 1.82) is 0 Å². The van der Waals surface area contributed by atoms with Gasteiger partial charge in [-0.2, -0.15) is 0 Å². The molecule has 2 aromatic rings. The van der Waals surface area contributed by atoms with Crippen molar-refractivity contribution in [1.82, 2.24) is 4.98 Å². The number of aliphatic hydroxyl groups excluding tert-OH is 1. The van der Waals surface area contributed by atoms with Crippen molar-refractivity contribution in [3.8, 4) is 5.75 Å². The molecule has 0 aliphatic rings. The number of Topliss-reactive ketones (excluding diaryl/α,β-unsaturated/α-hetero) is 1. The third-order valence-corrected chi connectivity index (χ3v) is 2.67. The lowest BCUT2D eigenvalue weighted by atomic mass is 10.0. The van der Waals surface area contributed by atoms with Gasteiger partial charge >= 0.3 is 0 Å². The maximum absolute atomic E-state index is 11.9. The van der Waals surface area contributed by atoms with Gasteiger partial charge < -0.3 is 10.2 Å². The molecule has 0 spiro atoms. The second-order valence-corrected chi connectivity index (χ2v) is 3.94. The molecular weight excluding hydrogens is 230 g/mol. The van der Waals surface area contributed by atoms with Crippen molar-refractivity contribution in [2.24, 2.45) is 0 Å². The van der Waals surface area contributed by atoms with Gasteiger partial charge in [-0.15, -0.1) is 0 Å². The normalized spacial score (nSPS) is 12.1. The number of aromatic nitrogens is 1. The van der Waals surface area contributed by atoms with Gasteiger partial charge in [0.05, 0.1) is 11.7 Å². The van der Waals surface area contributed by atoms with Crippen LogP contribution < -0.4 is 0 Å². The molecule has 4 nitrogen and oxygen atoms in total. The van der Waals surface area contributed by atoms with E-state index in [1.54, 1.807) is 36.7 Å². The Kier molecular flexibility index (Phi) is 3.69. The second-order valence-electron chi connectivity index (χ2n) is 3.94. The topological polar surface area (TPSA) is 70.4 Å². The molecule has 0 saturated heterocycles. The number of hydrogen-bond donors (Lipinski definition) is 2. The molecule has 0 amide bonds. The summed E-state index contributed by atoms with van der Waals surface area (Å²) in [6.07, 6.45) is 2.16. The Bertz CT molecular complexity index is 540. The number of carbonyl (C=O) groups excluding carboxylic acids is 1. The Morgan fingerprint density at radius 3 is 2.50 bits per heavy atom. The molecule has 0 saturated carbocycles. The summed E-state index contributed by atoms with van der Waals surface area (Å²) in [7, 11) is 0. The predicted molar refractivity (Wildman–Crippen MR) is 66.3 cm³/mol. The van der Waals surface area contributed by atoms with E-state index in [0.29, 0.717) is 5.56 Å². The van der Waals surface area contributed by atoms with Gasteiger partial charge in [0.15, 0.2) is 5.78 Å². The number of pyridine rings is 1. The standard InChI is InChI=1S/C14H13NO3/c16-12-4-2-1-3-11(12)14(18)9-13(17)10-5-7-15-8-6-10/h1-8,13,16-17H,9H2/t13-/m1/s1. The molecule has 2 N–H and O–H groups in total. The molecule has 0 radical (unpaired) electrons. The van der Waals surface area contributed by atoms with Crippen LogP contribution in [0.3, 0.4) is 0 Å². The van der Waals surface area contributed by atoms with E-state index in [2.05, 4.69) is 4.98 Å². The molecule has 1 aromatic heterocycles. The van der Waals surface area contributed by atoms with Crippen LogP contribution in [0.5, 0.6) is 5.75 Å². The van der Waals surface area contributed by atoms with Gasteiger partial charge in [0.2, 0.25) is 0 Å². The van der Waals surface area contributed by atoms with Crippen molar-refractivity contribution in [2.75, 3.05) is 0 Å². The van der Waals surface area contributed by atoms with E-state index in [-0.39, 0.29) is 23.5 Å². The third kappa shape index (κ3) is 2.73. The lowest BCUT2D eigenvalue weighted by Crippen LogP contribution is -2.07. The Balaban J connectivity index is 2.11. The number of hydrogen-bond acceptors (Lipinski definition) is 4. The molecule has 0 unspecified atom stereocenters. The predicted octanol–water partition coefficient (Wildman–Crippen LogP) is 2.09. The zero-order valence-electron chi connectivity index (χ0n) is 9.65. The highest BCUT2D eigenvalue weighted by atomic mass is 16.3. The summed E-state index contributed by atoms with van der Waals surface area (Å²) < 4.78 is 0. The van der Waals surface area contributed by atoms with Crippen LogP contribution in [0, 0.1) is 0 Å². The van der Waals surface area contributed by atoms with Gasteiger partial charge in [-0.25, -0.2) is 0 Å². The van der Waals surface area contributed by atoms with E-state index in [1.807, 2.05) is 0 Å². The number of carbonyl (C=O) groups is 1. The summed E-state index contributed by atoms with van der Waals surface area (Å²) in [5, 5.41) is 19.5. The Morgan fingerprint density at radius 1 is 1.17 bits per heavy atom. The first-order valence-corrected chi connectivity index (χ1v) is 5.57. The number of ketones is 1. The molecule has 1 atom stereocenters. The van der Waals surface area contributed by atoms with Crippen LogP contribution >= 0.6 is 0 Å². The quantitative estimate of drug-likeness (QED) is 0.807. The molecule has 1 aromatic carbocycles. The van der Waals surface area contributed by atoms with Gasteiger partial charge in [-0.05, 0) is 29.8 Å². The number of aromatic hydroxyl groups is 1. The van der Waals surface area contributed by atoms with Gasteiger partial charge in [-0.3, -0.25) is 9.78 Å². The highest BCUT2D eigenvalue weighted by Gasteiger charge is 2.16. The first kappa shape index (κ1) is 12.3. The maximum Gasteiger partial charge on any atom is 0.169 e. The summed E-state index contributed by atoms with van der Waals surface area (Å²) >= 11 is 0. The van der Waals surface area contributed by atoms with Crippen LogP contribution in [0.25, 0.3) is 0 Å². The fourth-order valence-corrected chi connectivity index (χ4v) is 1.70. The van der Waals surface area contributed by atoms with E-state index < -0.39 is 6.10 Å². The summed E-state index contributed by atoms with van der Waals surface area (Å²) in [5.41, 5.74) is 0.861. The van der Waals surface area contributed by atoms with Gasteiger partial charge in [-0.1, -0.05) is 12.1 Å². The molecule has 1 heterocycles. The summed E-state index contributed by atoms with van der Waals surface area (Å²) in [5.74, 6) is -0.359. The largest absolute Gasteiger partial charge is 0.507 e. The Labute approximate surface area is 105 Å². The minimum atomic E-state index is -0.889. The maximum atomic E-state index is 11.9. The van der Waals surface area contributed by atoms with Crippen molar-refractivity contribution in [3.05, 3.63) is 59.9 Å². The van der Waals surface area contributed by atoms with E-state index in [1.165, 1.54) is 12.1 Å². The molecule has 0 bridgehead atoms. The Morgan fingerprint density at radius 2 is 1.83 bits per heavy atom. The summed E-state index contributed by atoms with van der Waals surface area (Å²) in [6.45, 7) is 0. The van der Waals surface area contributed by atoms with Crippen LogP contribution in [-0.4, -0.2) is 21.0 Å². The summed E-state index contributed by atoms with van der Waals surface area (Å²) in [4.78, 5) is 15.8. The van der Waals surface area contributed by atoms with Gasteiger partial charge in [0.25, 0.3) is 0 Å². The van der Waals surface area contributed by atoms with Crippen LogP contribution in [0.2, 0.25) is 0 Å². The van der Waals surface area contributed by atoms with E-state index in [0.717, 1.165) is 0 Å². The highest BCUT2D eigenvalue weighted by molar-refractivity contribution is 5.98. The summed E-state index contributed by atoms with van der Waals surface area (Å²) in [6, 6.07) is 9.62. The number of nitrogens with zero attached hydrogens (tertiary/aromatic N) is 1. The zero-order chi connectivity index (χ0) is 13.0. The number of para-hydroxylation sites is 1. The number of aliphatic hydroxyl groups is 1. The minimum absolute atomic E-state index is 0.0653. The first-order chi connectivity index (χ1) is 8.68.